The van der Waals surface area contributed by atoms with Crippen LogP contribution in [-0.4, -0.2) is 42.0 Å². The number of fused-ring (bicyclic) bond motifs is 1. The van der Waals surface area contributed by atoms with Crippen LogP contribution in [0.25, 0.3) is 0 Å². The van der Waals surface area contributed by atoms with Gasteiger partial charge in [0.25, 0.3) is 0 Å². The van der Waals surface area contributed by atoms with Crippen LogP contribution in [0.5, 0.6) is 23.1 Å². The number of hydrogen-bond donors (Lipinski definition) is 3. The number of nitrogens with zero attached hydrogens (tertiary/aromatic N) is 2. The first kappa shape index (κ1) is 29.9. The Balaban J connectivity index is 1.74. The summed E-state index contributed by atoms with van der Waals surface area (Å²) in [5.74, 6) is -0.687. The van der Waals surface area contributed by atoms with Gasteiger partial charge >= 0.3 is 5.97 Å². The van der Waals surface area contributed by atoms with Crippen molar-refractivity contribution in [2.24, 2.45) is 5.92 Å². The highest BCUT2D eigenvalue weighted by Gasteiger charge is 2.30. The van der Waals surface area contributed by atoms with Gasteiger partial charge in [-0.2, -0.15) is 5.10 Å². The minimum atomic E-state index is -4.22. The van der Waals surface area contributed by atoms with Crippen LogP contribution in [0.2, 0.25) is 0 Å². The molecule has 1 atom stereocenters. The quantitative estimate of drug-likeness (QED) is 0.308. The number of carboxylic acids is 1. The van der Waals surface area contributed by atoms with E-state index in [0.29, 0.717) is 23.5 Å². The standard InChI is InChI=1S/C28H34N4O8S/c1-7-16(2)25(33)30-19-9-11-21(40-26-17(3)24(27(34)35)31-32(26)28(4,5)6)23(13-19)41(36,37)29-14-18-8-10-20-22(12-18)39-15-38-20/h8-13,16,29H,7,14-15H2,1-6H3,(H,30,33)(H,34,35)/t16-/m0/s1. The number of aromatic nitrogens is 2. The van der Waals surface area contributed by atoms with Gasteiger partial charge in [-0.15, -0.1) is 0 Å². The first-order chi connectivity index (χ1) is 19.2. The highest BCUT2D eigenvalue weighted by Crippen LogP contribution is 2.37. The summed E-state index contributed by atoms with van der Waals surface area (Å²) in [7, 11) is -4.22. The van der Waals surface area contributed by atoms with Crippen molar-refractivity contribution in [2.45, 2.75) is 64.9 Å². The Morgan fingerprint density at radius 3 is 2.51 bits per heavy atom. The van der Waals surface area contributed by atoms with Crippen molar-refractivity contribution in [1.29, 1.82) is 0 Å². The molecule has 0 aliphatic carbocycles. The number of aromatic carboxylic acids is 1. The van der Waals surface area contributed by atoms with E-state index in [-0.39, 0.29) is 58.6 Å². The summed E-state index contributed by atoms with van der Waals surface area (Å²) < 4.78 is 48.2. The molecule has 0 spiro atoms. The Labute approximate surface area is 238 Å². The van der Waals surface area contributed by atoms with Gasteiger partial charge in [-0.25, -0.2) is 22.6 Å². The van der Waals surface area contributed by atoms with Crippen molar-refractivity contribution in [2.75, 3.05) is 12.1 Å². The molecular formula is C28H34N4O8S. The molecule has 220 valence electrons. The SMILES string of the molecule is CC[C@H](C)C(=O)Nc1ccc(Oc2c(C)c(C(=O)O)nn2C(C)(C)C)c(S(=O)(=O)NCc2ccc3c(c2)OCO3)c1. The summed E-state index contributed by atoms with van der Waals surface area (Å²) in [6.45, 7) is 10.7. The molecule has 0 bridgehead atoms. The van der Waals surface area contributed by atoms with Crippen molar-refractivity contribution in [3.05, 3.63) is 53.2 Å². The van der Waals surface area contributed by atoms with Gasteiger partial charge in [0.15, 0.2) is 17.2 Å². The van der Waals surface area contributed by atoms with Gasteiger partial charge < -0.3 is 24.6 Å². The zero-order valence-electron chi connectivity index (χ0n) is 23.8. The zero-order chi connectivity index (χ0) is 30.1. The van der Waals surface area contributed by atoms with Gasteiger partial charge in [0, 0.05) is 23.7 Å². The molecule has 0 fully saturated rings. The summed E-state index contributed by atoms with van der Waals surface area (Å²) >= 11 is 0. The molecule has 0 radical (unpaired) electrons. The lowest BCUT2D eigenvalue weighted by atomic mass is 10.1. The molecule has 0 saturated carbocycles. The molecule has 3 aromatic rings. The van der Waals surface area contributed by atoms with Gasteiger partial charge in [-0.1, -0.05) is 19.9 Å². The average Bonchev–Trinajstić information content (AvgIpc) is 3.51. The van der Waals surface area contributed by atoms with E-state index >= 15 is 0 Å². The summed E-state index contributed by atoms with van der Waals surface area (Å²) in [5.41, 5.74) is 0.234. The van der Waals surface area contributed by atoms with Crippen molar-refractivity contribution in [1.82, 2.24) is 14.5 Å². The molecule has 1 aliphatic rings. The summed E-state index contributed by atoms with van der Waals surface area (Å²) in [6, 6.07) is 9.35. The predicted molar refractivity (Wildman–Crippen MR) is 150 cm³/mol. The molecule has 1 aliphatic heterocycles. The fourth-order valence-electron chi connectivity index (χ4n) is 4.00. The zero-order valence-corrected chi connectivity index (χ0v) is 24.6. The van der Waals surface area contributed by atoms with Crippen molar-refractivity contribution < 1.29 is 37.3 Å². The van der Waals surface area contributed by atoms with E-state index in [1.807, 2.05) is 27.7 Å². The van der Waals surface area contributed by atoms with Crippen LogP contribution in [0.4, 0.5) is 5.69 Å². The predicted octanol–water partition coefficient (Wildman–Crippen LogP) is 4.63. The number of carboxylic acid groups (broad SMARTS) is 1. The molecule has 12 nitrogen and oxygen atoms in total. The maximum absolute atomic E-state index is 13.7. The van der Waals surface area contributed by atoms with Crippen molar-refractivity contribution >= 4 is 27.6 Å². The number of amides is 1. The van der Waals surface area contributed by atoms with Gasteiger partial charge in [-0.3, -0.25) is 4.79 Å². The average molecular weight is 587 g/mol. The topological polar surface area (TPSA) is 158 Å². The number of sulfonamides is 1. The highest BCUT2D eigenvalue weighted by atomic mass is 32.2. The number of rotatable bonds is 10. The largest absolute Gasteiger partial charge is 0.476 e. The van der Waals surface area contributed by atoms with E-state index < -0.39 is 21.5 Å². The van der Waals surface area contributed by atoms with E-state index in [0.717, 1.165) is 0 Å². The van der Waals surface area contributed by atoms with Gasteiger partial charge in [0.05, 0.1) is 5.54 Å². The highest BCUT2D eigenvalue weighted by molar-refractivity contribution is 7.89. The van der Waals surface area contributed by atoms with Crippen molar-refractivity contribution in [3.8, 4) is 23.1 Å². The summed E-state index contributed by atoms with van der Waals surface area (Å²) in [5, 5.41) is 16.6. The second kappa shape index (κ2) is 11.4. The van der Waals surface area contributed by atoms with Gasteiger partial charge in [-0.05, 0) is 70.0 Å². The maximum Gasteiger partial charge on any atom is 0.356 e. The minimum absolute atomic E-state index is 0.0655. The van der Waals surface area contributed by atoms with Crippen LogP contribution in [0, 0.1) is 12.8 Å². The summed E-state index contributed by atoms with van der Waals surface area (Å²) in [4.78, 5) is 24.1. The second-order valence-corrected chi connectivity index (χ2v) is 12.5. The van der Waals surface area contributed by atoms with E-state index in [1.165, 1.54) is 22.9 Å². The first-order valence-electron chi connectivity index (χ1n) is 13.1. The molecule has 1 amide bonds. The lowest BCUT2D eigenvalue weighted by Gasteiger charge is -2.23. The number of carbonyl (C=O) groups excluding carboxylic acids is 1. The third-order valence-corrected chi connectivity index (χ3v) is 8.00. The lowest BCUT2D eigenvalue weighted by molar-refractivity contribution is -0.119. The number of hydrogen-bond acceptors (Lipinski definition) is 8. The third kappa shape index (κ3) is 6.46. The van der Waals surface area contributed by atoms with Crippen LogP contribution in [0.1, 0.15) is 62.7 Å². The van der Waals surface area contributed by atoms with Crippen LogP contribution in [0.3, 0.4) is 0 Å². The molecule has 0 unspecified atom stereocenters. The van der Waals surface area contributed by atoms with Crippen LogP contribution in [0.15, 0.2) is 41.3 Å². The van der Waals surface area contributed by atoms with E-state index in [2.05, 4.69) is 15.1 Å². The van der Waals surface area contributed by atoms with E-state index in [9.17, 15) is 23.1 Å². The van der Waals surface area contributed by atoms with Crippen LogP contribution < -0.4 is 24.2 Å². The Kier molecular flexibility index (Phi) is 8.31. The molecule has 41 heavy (non-hydrogen) atoms. The Hall–Kier alpha value is -4.10. The molecule has 1 aromatic heterocycles. The van der Waals surface area contributed by atoms with E-state index in [4.69, 9.17) is 14.2 Å². The molecule has 3 N–H and O–H groups in total. The number of ether oxygens (including phenoxy) is 3. The fourth-order valence-corrected chi connectivity index (χ4v) is 5.17. The Morgan fingerprint density at radius 1 is 1.15 bits per heavy atom. The van der Waals surface area contributed by atoms with Gasteiger partial charge in [0.2, 0.25) is 28.6 Å². The molecule has 13 heteroatoms. The number of anilines is 1. The normalized spacial score (nSPS) is 13.6. The molecular weight excluding hydrogens is 552 g/mol. The summed E-state index contributed by atoms with van der Waals surface area (Å²) in [6.07, 6.45) is 0.608. The molecule has 2 heterocycles. The maximum atomic E-state index is 13.7. The first-order valence-corrected chi connectivity index (χ1v) is 14.5. The number of benzene rings is 2. The molecule has 0 saturated heterocycles. The smallest absolute Gasteiger partial charge is 0.356 e. The van der Waals surface area contributed by atoms with Gasteiger partial charge in [0.1, 0.15) is 10.6 Å². The molecule has 2 aromatic carbocycles. The van der Waals surface area contributed by atoms with E-state index in [1.54, 1.807) is 32.0 Å². The fraction of sp³-hybridized carbons (Fsp3) is 0.393. The van der Waals surface area contributed by atoms with Crippen LogP contribution in [-0.2, 0) is 26.9 Å². The minimum Gasteiger partial charge on any atom is -0.476 e. The van der Waals surface area contributed by atoms with Crippen LogP contribution >= 0.6 is 0 Å². The number of nitrogens with one attached hydrogen (secondary N) is 2. The number of carbonyl (C=O) groups is 2. The Morgan fingerprint density at radius 2 is 1.85 bits per heavy atom. The monoisotopic (exact) mass is 586 g/mol. The molecule has 4 rings (SSSR count). The lowest BCUT2D eigenvalue weighted by Crippen LogP contribution is -2.26. The van der Waals surface area contributed by atoms with Crippen molar-refractivity contribution in [3.63, 3.8) is 0 Å². The third-order valence-electron chi connectivity index (χ3n) is 6.58. The second-order valence-electron chi connectivity index (χ2n) is 10.7. The Bertz CT molecular complexity index is 1590.